The lowest BCUT2D eigenvalue weighted by Crippen LogP contribution is -2.50. The standard InChI is InChI=1S/C25H31Cl3N2O2S/c1-4-17(3)29-25(32)23(5-2)30(16-20-21(27)8-6-9-22(20)28)24(31)10-7-15-33-19-13-11-18(26)12-14-19/h6,8-9,11-14,17,23H,4-5,7,10,15-16H2,1-3H3,(H,29,32). The van der Waals surface area contributed by atoms with Gasteiger partial charge in [0.2, 0.25) is 11.8 Å². The van der Waals surface area contributed by atoms with Crippen LogP contribution in [0.2, 0.25) is 15.1 Å². The highest BCUT2D eigenvalue weighted by Gasteiger charge is 2.29. The van der Waals surface area contributed by atoms with Crippen molar-refractivity contribution in [2.75, 3.05) is 5.75 Å². The molecule has 0 aromatic heterocycles. The predicted octanol–water partition coefficient (Wildman–Crippen LogP) is 7.24. The molecule has 0 fully saturated rings. The van der Waals surface area contributed by atoms with Gasteiger partial charge in [0.05, 0.1) is 0 Å². The molecule has 0 spiro atoms. The summed E-state index contributed by atoms with van der Waals surface area (Å²) in [5.41, 5.74) is 0.652. The van der Waals surface area contributed by atoms with Crippen LogP contribution in [0, 0.1) is 0 Å². The van der Waals surface area contributed by atoms with E-state index in [0.29, 0.717) is 39.9 Å². The van der Waals surface area contributed by atoms with Crippen LogP contribution in [0.15, 0.2) is 47.4 Å². The van der Waals surface area contributed by atoms with Crippen molar-refractivity contribution in [2.45, 2.75) is 70.0 Å². The first-order valence-corrected chi connectivity index (χ1v) is 13.3. The highest BCUT2D eigenvalue weighted by molar-refractivity contribution is 7.99. The second-order valence-electron chi connectivity index (χ2n) is 7.87. The molecule has 0 saturated carbocycles. The van der Waals surface area contributed by atoms with E-state index in [-0.39, 0.29) is 24.4 Å². The zero-order valence-electron chi connectivity index (χ0n) is 19.2. The summed E-state index contributed by atoms with van der Waals surface area (Å²) in [4.78, 5) is 29.1. The highest BCUT2D eigenvalue weighted by Crippen LogP contribution is 2.28. The number of carbonyl (C=O) groups is 2. The molecule has 0 aliphatic carbocycles. The first-order chi connectivity index (χ1) is 15.8. The largest absolute Gasteiger partial charge is 0.352 e. The van der Waals surface area contributed by atoms with Crippen LogP contribution in [0.5, 0.6) is 0 Å². The number of thioether (sulfide) groups is 1. The van der Waals surface area contributed by atoms with Crippen LogP contribution in [0.3, 0.4) is 0 Å². The number of benzene rings is 2. The average molecular weight is 530 g/mol. The first-order valence-electron chi connectivity index (χ1n) is 11.2. The molecule has 0 heterocycles. The van der Waals surface area contributed by atoms with Crippen LogP contribution in [0.4, 0.5) is 0 Å². The summed E-state index contributed by atoms with van der Waals surface area (Å²) in [5, 5.41) is 4.67. The SMILES string of the molecule is CCC(C)NC(=O)C(CC)N(Cc1c(Cl)cccc1Cl)C(=O)CCCSc1ccc(Cl)cc1. The maximum absolute atomic E-state index is 13.3. The third kappa shape index (κ3) is 8.71. The molecule has 2 unspecified atom stereocenters. The van der Waals surface area contributed by atoms with Crippen molar-refractivity contribution in [3.8, 4) is 0 Å². The Morgan fingerprint density at radius 2 is 1.64 bits per heavy atom. The molecule has 2 rings (SSSR count). The van der Waals surface area contributed by atoms with Gasteiger partial charge >= 0.3 is 0 Å². The lowest BCUT2D eigenvalue weighted by atomic mass is 10.1. The average Bonchev–Trinajstić information content (AvgIpc) is 2.79. The number of rotatable bonds is 12. The van der Waals surface area contributed by atoms with Gasteiger partial charge in [0, 0.05) is 44.5 Å². The molecule has 2 amide bonds. The van der Waals surface area contributed by atoms with Gasteiger partial charge in [-0.15, -0.1) is 11.8 Å². The normalized spacial score (nSPS) is 12.8. The molecule has 0 aliphatic heterocycles. The summed E-state index contributed by atoms with van der Waals surface area (Å²) >= 11 is 20.4. The number of amides is 2. The quantitative estimate of drug-likeness (QED) is 0.233. The van der Waals surface area contributed by atoms with Gasteiger partial charge in [0.15, 0.2) is 0 Å². The third-order valence-corrected chi connectivity index (χ3v) is 7.45. The Balaban J connectivity index is 2.13. The van der Waals surface area contributed by atoms with Gasteiger partial charge in [-0.1, -0.05) is 54.7 Å². The Morgan fingerprint density at radius 1 is 1.00 bits per heavy atom. The number of nitrogens with one attached hydrogen (secondary N) is 1. The van der Waals surface area contributed by atoms with Gasteiger partial charge in [0.25, 0.3) is 0 Å². The topological polar surface area (TPSA) is 49.4 Å². The molecule has 2 aromatic carbocycles. The number of carbonyl (C=O) groups excluding carboxylic acids is 2. The number of hydrogen-bond acceptors (Lipinski definition) is 3. The molecule has 0 saturated heterocycles. The third-order valence-electron chi connectivity index (χ3n) is 5.39. The molecule has 0 bridgehead atoms. The molecule has 4 nitrogen and oxygen atoms in total. The van der Waals surface area contributed by atoms with Gasteiger partial charge in [-0.25, -0.2) is 0 Å². The summed E-state index contributed by atoms with van der Waals surface area (Å²) in [6.07, 6.45) is 2.32. The Hall–Kier alpha value is -1.40. The van der Waals surface area contributed by atoms with Crippen LogP contribution in [0.25, 0.3) is 0 Å². The van der Waals surface area contributed by atoms with E-state index in [2.05, 4.69) is 5.32 Å². The van der Waals surface area contributed by atoms with E-state index in [0.717, 1.165) is 17.1 Å². The molecule has 2 aromatic rings. The minimum atomic E-state index is -0.595. The molecular formula is C25H31Cl3N2O2S. The van der Waals surface area contributed by atoms with Crippen molar-refractivity contribution in [1.82, 2.24) is 10.2 Å². The second-order valence-corrected chi connectivity index (χ2v) is 10.3. The van der Waals surface area contributed by atoms with E-state index in [1.54, 1.807) is 34.9 Å². The monoisotopic (exact) mass is 528 g/mol. The fourth-order valence-corrected chi connectivity index (χ4v) is 4.80. The molecule has 33 heavy (non-hydrogen) atoms. The lowest BCUT2D eigenvalue weighted by Gasteiger charge is -2.32. The lowest BCUT2D eigenvalue weighted by molar-refractivity contribution is -0.141. The van der Waals surface area contributed by atoms with Crippen LogP contribution in [0.1, 0.15) is 52.0 Å². The second kappa shape index (κ2) is 14.1. The molecular weight excluding hydrogens is 499 g/mol. The zero-order chi connectivity index (χ0) is 24.4. The molecule has 0 radical (unpaired) electrons. The smallest absolute Gasteiger partial charge is 0.243 e. The predicted molar refractivity (Wildman–Crippen MR) is 140 cm³/mol. The van der Waals surface area contributed by atoms with Crippen molar-refractivity contribution in [3.63, 3.8) is 0 Å². The maximum atomic E-state index is 13.3. The van der Waals surface area contributed by atoms with Crippen molar-refractivity contribution >= 4 is 58.4 Å². The van der Waals surface area contributed by atoms with Gasteiger partial charge in [-0.3, -0.25) is 9.59 Å². The van der Waals surface area contributed by atoms with Gasteiger partial charge < -0.3 is 10.2 Å². The molecule has 1 N–H and O–H groups in total. The van der Waals surface area contributed by atoms with Crippen molar-refractivity contribution < 1.29 is 9.59 Å². The van der Waals surface area contributed by atoms with Crippen LogP contribution >= 0.6 is 46.6 Å². The van der Waals surface area contributed by atoms with Crippen LogP contribution in [-0.4, -0.2) is 34.6 Å². The minimum absolute atomic E-state index is 0.0307. The molecule has 180 valence electrons. The Morgan fingerprint density at radius 3 is 2.21 bits per heavy atom. The van der Waals surface area contributed by atoms with E-state index >= 15 is 0 Å². The van der Waals surface area contributed by atoms with Gasteiger partial charge in [-0.05, 0) is 68.3 Å². The van der Waals surface area contributed by atoms with Crippen LogP contribution < -0.4 is 5.32 Å². The van der Waals surface area contributed by atoms with Crippen molar-refractivity contribution in [3.05, 3.63) is 63.1 Å². The number of halogens is 3. The Kier molecular flexibility index (Phi) is 11.9. The van der Waals surface area contributed by atoms with E-state index < -0.39 is 6.04 Å². The minimum Gasteiger partial charge on any atom is -0.352 e. The fraction of sp³-hybridized carbons (Fsp3) is 0.440. The van der Waals surface area contributed by atoms with Crippen molar-refractivity contribution in [1.29, 1.82) is 0 Å². The Bertz CT molecular complexity index is 904. The summed E-state index contributed by atoms with van der Waals surface area (Å²) in [7, 11) is 0. The highest BCUT2D eigenvalue weighted by atomic mass is 35.5. The van der Waals surface area contributed by atoms with E-state index in [1.807, 2.05) is 45.0 Å². The number of nitrogens with zero attached hydrogens (tertiary/aromatic N) is 1. The van der Waals surface area contributed by atoms with Gasteiger partial charge in [0.1, 0.15) is 6.04 Å². The zero-order valence-corrected chi connectivity index (χ0v) is 22.3. The number of hydrogen-bond donors (Lipinski definition) is 1. The van der Waals surface area contributed by atoms with Crippen LogP contribution in [-0.2, 0) is 16.1 Å². The summed E-state index contributed by atoms with van der Waals surface area (Å²) in [6.45, 7) is 6.06. The van der Waals surface area contributed by atoms with E-state index in [9.17, 15) is 9.59 Å². The maximum Gasteiger partial charge on any atom is 0.243 e. The molecule has 2 atom stereocenters. The molecule has 0 aliphatic rings. The summed E-state index contributed by atoms with van der Waals surface area (Å²) in [5.74, 6) is 0.539. The van der Waals surface area contributed by atoms with E-state index in [4.69, 9.17) is 34.8 Å². The molecule has 8 heteroatoms. The fourth-order valence-electron chi connectivity index (χ4n) is 3.30. The van der Waals surface area contributed by atoms with Crippen molar-refractivity contribution in [2.24, 2.45) is 0 Å². The van der Waals surface area contributed by atoms with Gasteiger partial charge in [-0.2, -0.15) is 0 Å². The first kappa shape index (κ1) is 27.8. The van der Waals surface area contributed by atoms with E-state index in [1.165, 1.54) is 0 Å². The summed E-state index contributed by atoms with van der Waals surface area (Å²) in [6, 6.07) is 12.3. The summed E-state index contributed by atoms with van der Waals surface area (Å²) < 4.78 is 0. The Labute approximate surface area is 216 Å².